The second-order valence-corrected chi connectivity index (χ2v) is 8.35. The maximum Gasteiger partial charge on any atom is 0.256 e. The Balaban J connectivity index is 2.53. The third kappa shape index (κ3) is 4.71. The number of nitrogens with zero attached hydrogens (tertiary/aromatic N) is 1. The van der Waals surface area contributed by atoms with Gasteiger partial charge < -0.3 is 4.84 Å². The van der Waals surface area contributed by atoms with E-state index in [0.717, 1.165) is 24.2 Å². The van der Waals surface area contributed by atoms with Gasteiger partial charge in [-0.15, -0.1) is 5.06 Å². The molecule has 0 saturated carbocycles. The SMILES string of the molecule is CCC(C)(C)c1ccc(ON(C(C)=O)c2c[c]ccc2)c(C(C)(C)CC)c1. The third-order valence-electron chi connectivity index (χ3n) is 5.66. The molecule has 0 heterocycles. The zero-order valence-corrected chi connectivity index (χ0v) is 17.7. The molecule has 0 aliphatic carbocycles. The average molecular weight is 367 g/mol. The number of hydroxylamine groups is 1. The Bertz CT molecular complexity index is 778. The van der Waals surface area contributed by atoms with Crippen molar-refractivity contribution in [2.75, 3.05) is 5.06 Å². The molecule has 3 nitrogen and oxygen atoms in total. The van der Waals surface area contributed by atoms with Gasteiger partial charge in [0, 0.05) is 12.5 Å². The van der Waals surface area contributed by atoms with Crippen molar-refractivity contribution in [1.29, 1.82) is 0 Å². The highest BCUT2D eigenvalue weighted by atomic mass is 16.7. The second-order valence-electron chi connectivity index (χ2n) is 8.35. The number of hydrogen-bond donors (Lipinski definition) is 0. The molecule has 2 rings (SSSR count). The monoisotopic (exact) mass is 366 g/mol. The highest BCUT2D eigenvalue weighted by Crippen LogP contribution is 2.39. The van der Waals surface area contributed by atoms with Gasteiger partial charge in [-0.05, 0) is 53.5 Å². The van der Waals surface area contributed by atoms with Crippen molar-refractivity contribution >= 4 is 11.6 Å². The largest absolute Gasteiger partial charge is 0.372 e. The van der Waals surface area contributed by atoms with Crippen LogP contribution in [0.25, 0.3) is 0 Å². The van der Waals surface area contributed by atoms with Crippen LogP contribution in [-0.4, -0.2) is 5.91 Å². The molecule has 0 fully saturated rings. The molecule has 0 N–H and O–H groups in total. The summed E-state index contributed by atoms with van der Waals surface area (Å²) in [6.07, 6.45) is 2.02. The lowest BCUT2D eigenvalue weighted by atomic mass is 9.76. The molecule has 0 bridgehead atoms. The van der Waals surface area contributed by atoms with Gasteiger partial charge in [-0.2, -0.15) is 0 Å². The molecule has 0 unspecified atom stereocenters. The molecule has 27 heavy (non-hydrogen) atoms. The van der Waals surface area contributed by atoms with Gasteiger partial charge in [-0.25, -0.2) is 0 Å². The van der Waals surface area contributed by atoms with Crippen LogP contribution >= 0.6 is 0 Å². The molecule has 0 saturated heterocycles. The first-order valence-electron chi connectivity index (χ1n) is 9.72. The van der Waals surface area contributed by atoms with Crippen LogP contribution in [0.5, 0.6) is 5.75 Å². The Morgan fingerprint density at radius 1 is 1.07 bits per heavy atom. The van der Waals surface area contributed by atoms with E-state index in [1.165, 1.54) is 17.6 Å². The van der Waals surface area contributed by atoms with Crippen LogP contribution in [0.1, 0.15) is 72.4 Å². The molecule has 0 aliphatic heterocycles. The van der Waals surface area contributed by atoms with Crippen molar-refractivity contribution in [3.63, 3.8) is 0 Å². The van der Waals surface area contributed by atoms with Gasteiger partial charge >= 0.3 is 0 Å². The first-order valence-corrected chi connectivity index (χ1v) is 9.72. The third-order valence-corrected chi connectivity index (χ3v) is 5.66. The van der Waals surface area contributed by atoms with Crippen LogP contribution in [0, 0.1) is 6.07 Å². The summed E-state index contributed by atoms with van der Waals surface area (Å²) in [5, 5.41) is 1.34. The molecule has 1 radical (unpaired) electrons. The van der Waals surface area contributed by atoms with Gasteiger partial charge in [0.05, 0.1) is 5.69 Å². The summed E-state index contributed by atoms with van der Waals surface area (Å²) >= 11 is 0. The van der Waals surface area contributed by atoms with E-state index in [1.54, 1.807) is 12.1 Å². The van der Waals surface area contributed by atoms with Crippen LogP contribution in [0.4, 0.5) is 5.69 Å². The van der Waals surface area contributed by atoms with E-state index in [2.05, 4.69) is 59.7 Å². The van der Waals surface area contributed by atoms with Crippen LogP contribution in [0.2, 0.25) is 0 Å². The summed E-state index contributed by atoms with van der Waals surface area (Å²) in [4.78, 5) is 18.4. The van der Waals surface area contributed by atoms with Crippen molar-refractivity contribution < 1.29 is 9.63 Å². The summed E-state index contributed by atoms with van der Waals surface area (Å²) in [6.45, 7) is 14.8. The van der Waals surface area contributed by atoms with Crippen LogP contribution < -0.4 is 9.90 Å². The molecule has 0 atom stereocenters. The number of carbonyl (C=O) groups excluding carboxylic acids is 1. The van der Waals surface area contributed by atoms with Crippen molar-refractivity contribution in [3.05, 3.63) is 59.7 Å². The topological polar surface area (TPSA) is 29.5 Å². The van der Waals surface area contributed by atoms with Crippen molar-refractivity contribution in [2.24, 2.45) is 0 Å². The Morgan fingerprint density at radius 2 is 1.74 bits per heavy atom. The second kappa shape index (κ2) is 8.16. The number of amides is 1. The lowest BCUT2D eigenvalue weighted by Gasteiger charge is -2.31. The normalized spacial score (nSPS) is 12.0. The molecule has 2 aromatic carbocycles. The summed E-state index contributed by atoms with van der Waals surface area (Å²) in [5.74, 6) is 0.546. The number of carbonyl (C=O) groups is 1. The quantitative estimate of drug-likeness (QED) is 0.545. The standard InChI is InChI=1S/C24H32NO2/c1-8-23(4,5)19-15-16-22(21(17-19)24(6,7)9-2)27-25(18(3)26)20-13-11-10-12-14-20/h10-11,13-17H,8-9H2,1-7H3. The minimum atomic E-state index is -0.173. The summed E-state index contributed by atoms with van der Waals surface area (Å²) in [7, 11) is 0. The lowest BCUT2D eigenvalue weighted by Crippen LogP contribution is -2.33. The van der Waals surface area contributed by atoms with E-state index in [1.807, 2.05) is 18.2 Å². The maximum absolute atomic E-state index is 12.2. The predicted octanol–water partition coefficient (Wildman–Crippen LogP) is 6.21. The van der Waals surface area contributed by atoms with Crippen molar-refractivity contribution in [3.8, 4) is 5.75 Å². The fourth-order valence-electron chi connectivity index (χ4n) is 2.86. The molecule has 2 aromatic rings. The van der Waals surface area contributed by atoms with Gasteiger partial charge in [-0.1, -0.05) is 65.8 Å². The molecular formula is C24H32NO2. The minimum absolute atomic E-state index is 0.0690. The van der Waals surface area contributed by atoms with Gasteiger partial charge in [0.15, 0.2) is 5.75 Å². The number of rotatable bonds is 7. The van der Waals surface area contributed by atoms with Crippen LogP contribution in [0.3, 0.4) is 0 Å². The zero-order valence-electron chi connectivity index (χ0n) is 17.7. The zero-order chi connectivity index (χ0) is 20.2. The predicted molar refractivity (Wildman–Crippen MR) is 112 cm³/mol. The smallest absolute Gasteiger partial charge is 0.256 e. The Hall–Kier alpha value is -2.29. The fourth-order valence-corrected chi connectivity index (χ4v) is 2.86. The summed E-state index contributed by atoms with van der Waals surface area (Å²) < 4.78 is 0. The van der Waals surface area contributed by atoms with Crippen molar-refractivity contribution in [2.45, 2.75) is 72.1 Å². The number of anilines is 1. The van der Waals surface area contributed by atoms with E-state index in [9.17, 15) is 4.79 Å². The molecule has 0 aromatic heterocycles. The summed E-state index contributed by atoms with van der Waals surface area (Å²) in [5.41, 5.74) is 3.10. The van der Waals surface area contributed by atoms with Gasteiger partial charge in [0.1, 0.15) is 0 Å². The van der Waals surface area contributed by atoms with E-state index in [-0.39, 0.29) is 16.7 Å². The van der Waals surface area contributed by atoms with E-state index in [0.29, 0.717) is 5.69 Å². The van der Waals surface area contributed by atoms with Crippen molar-refractivity contribution in [1.82, 2.24) is 0 Å². The Kier molecular flexibility index (Phi) is 6.35. The highest BCUT2D eigenvalue weighted by molar-refractivity contribution is 5.89. The Morgan fingerprint density at radius 3 is 2.26 bits per heavy atom. The maximum atomic E-state index is 12.2. The van der Waals surface area contributed by atoms with Crippen LogP contribution in [-0.2, 0) is 15.6 Å². The van der Waals surface area contributed by atoms with Gasteiger partial charge in [0.25, 0.3) is 5.91 Å². The van der Waals surface area contributed by atoms with E-state index >= 15 is 0 Å². The molecule has 145 valence electrons. The van der Waals surface area contributed by atoms with Crippen LogP contribution in [0.15, 0.2) is 42.5 Å². The molecule has 1 amide bonds. The van der Waals surface area contributed by atoms with Gasteiger partial charge in [-0.3, -0.25) is 4.79 Å². The average Bonchev–Trinajstić information content (AvgIpc) is 2.66. The lowest BCUT2D eigenvalue weighted by molar-refractivity contribution is -0.120. The van der Waals surface area contributed by atoms with Gasteiger partial charge in [0.2, 0.25) is 0 Å². The first kappa shape index (κ1) is 21.0. The summed E-state index contributed by atoms with van der Waals surface area (Å²) in [6, 6.07) is 16.6. The minimum Gasteiger partial charge on any atom is -0.372 e. The Labute approximate surface area is 164 Å². The fraction of sp³-hybridized carbons (Fsp3) is 0.458. The molecule has 0 spiro atoms. The van der Waals surface area contributed by atoms with E-state index in [4.69, 9.17) is 4.84 Å². The molecular weight excluding hydrogens is 334 g/mol. The molecule has 0 aliphatic rings. The van der Waals surface area contributed by atoms with E-state index < -0.39 is 0 Å². The number of hydrogen-bond acceptors (Lipinski definition) is 2. The highest BCUT2D eigenvalue weighted by Gasteiger charge is 2.28. The molecule has 3 heteroatoms. The first-order chi connectivity index (χ1) is 12.6. The number of benzene rings is 2.